The van der Waals surface area contributed by atoms with Crippen LogP contribution in [0.1, 0.15) is 29.8 Å². The van der Waals surface area contributed by atoms with Gasteiger partial charge in [-0.1, -0.05) is 30.3 Å². The van der Waals surface area contributed by atoms with Crippen molar-refractivity contribution >= 4 is 17.6 Å². The molecule has 6 nitrogen and oxygen atoms in total. The molecule has 160 valence electrons. The van der Waals surface area contributed by atoms with Crippen molar-refractivity contribution in [1.82, 2.24) is 9.80 Å². The van der Waals surface area contributed by atoms with Gasteiger partial charge in [0.05, 0.1) is 19.2 Å². The second-order valence-electron chi connectivity index (χ2n) is 7.70. The normalized spacial score (nSPS) is 16.9. The fourth-order valence-corrected chi connectivity index (χ4v) is 3.84. The molecular weight excluding hydrogens is 378 g/mol. The van der Waals surface area contributed by atoms with E-state index in [0.29, 0.717) is 25.2 Å². The summed E-state index contributed by atoms with van der Waals surface area (Å²) in [5, 5.41) is 0. The van der Waals surface area contributed by atoms with Crippen LogP contribution in [0.2, 0.25) is 0 Å². The monoisotopic (exact) mass is 409 g/mol. The Morgan fingerprint density at radius 2 is 1.77 bits per heavy atom. The predicted octanol–water partition coefficient (Wildman–Crippen LogP) is 3.03. The number of hydrogen-bond donors (Lipinski definition) is 0. The fraction of sp³-hybridized carbons (Fsp3) is 0.417. The molecular formula is C24H31N3O3. The van der Waals surface area contributed by atoms with Crippen molar-refractivity contribution in [3.8, 4) is 0 Å². The van der Waals surface area contributed by atoms with Crippen molar-refractivity contribution in [3.63, 3.8) is 0 Å². The van der Waals surface area contributed by atoms with E-state index < -0.39 is 0 Å². The highest BCUT2D eigenvalue weighted by atomic mass is 16.5. The molecule has 0 saturated carbocycles. The lowest BCUT2D eigenvalue weighted by Gasteiger charge is -2.41. The Bertz CT molecular complexity index is 839. The van der Waals surface area contributed by atoms with Gasteiger partial charge in [0.25, 0.3) is 0 Å². The van der Waals surface area contributed by atoms with Crippen LogP contribution in [0, 0.1) is 0 Å². The molecule has 0 spiro atoms. The van der Waals surface area contributed by atoms with E-state index in [1.54, 1.807) is 12.1 Å². The van der Waals surface area contributed by atoms with Gasteiger partial charge in [0, 0.05) is 44.5 Å². The highest BCUT2D eigenvalue weighted by molar-refractivity contribution is 5.89. The van der Waals surface area contributed by atoms with E-state index in [2.05, 4.69) is 28.9 Å². The number of amides is 1. The zero-order valence-electron chi connectivity index (χ0n) is 18.1. The standard InChI is InChI=1S/C24H31N3O3/c1-4-25(17-20-8-6-5-7-9-20)23(28)18-26-14-15-27(16-19(26)2)22-12-10-21(11-13-22)24(29)30-3/h5-13,19H,4,14-18H2,1-3H3. The molecule has 0 radical (unpaired) electrons. The number of anilines is 1. The summed E-state index contributed by atoms with van der Waals surface area (Å²) in [5.41, 5.74) is 2.79. The van der Waals surface area contributed by atoms with Crippen LogP contribution in [0.3, 0.4) is 0 Å². The number of carbonyl (C=O) groups excluding carboxylic acids is 2. The summed E-state index contributed by atoms with van der Waals surface area (Å²) in [6.45, 7) is 8.50. The van der Waals surface area contributed by atoms with E-state index in [0.717, 1.165) is 30.9 Å². The van der Waals surface area contributed by atoms with Gasteiger partial charge in [0.1, 0.15) is 0 Å². The summed E-state index contributed by atoms with van der Waals surface area (Å²) in [6, 6.07) is 17.9. The van der Waals surface area contributed by atoms with Gasteiger partial charge in [-0.15, -0.1) is 0 Å². The minimum atomic E-state index is -0.325. The quantitative estimate of drug-likeness (QED) is 0.658. The number of ether oxygens (including phenoxy) is 1. The van der Waals surface area contributed by atoms with Crippen LogP contribution in [0.5, 0.6) is 0 Å². The Hall–Kier alpha value is -2.86. The first kappa shape index (κ1) is 21.8. The summed E-state index contributed by atoms with van der Waals surface area (Å²) in [5.74, 6) is -0.154. The zero-order chi connectivity index (χ0) is 21.5. The smallest absolute Gasteiger partial charge is 0.337 e. The first-order chi connectivity index (χ1) is 14.5. The number of carbonyl (C=O) groups is 2. The summed E-state index contributed by atoms with van der Waals surface area (Å²) in [6.07, 6.45) is 0. The van der Waals surface area contributed by atoms with Crippen LogP contribution in [0.4, 0.5) is 5.69 Å². The van der Waals surface area contributed by atoms with Crippen LogP contribution in [0.25, 0.3) is 0 Å². The molecule has 30 heavy (non-hydrogen) atoms. The van der Waals surface area contributed by atoms with Gasteiger partial charge in [-0.25, -0.2) is 4.79 Å². The molecule has 0 bridgehead atoms. The van der Waals surface area contributed by atoms with Crippen molar-refractivity contribution in [2.24, 2.45) is 0 Å². The highest BCUT2D eigenvalue weighted by Crippen LogP contribution is 2.20. The van der Waals surface area contributed by atoms with Gasteiger partial charge in [-0.05, 0) is 43.7 Å². The van der Waals surface area contributed by atoms with Gasteiger partial charge in [-0.3, -0.25) is 9.69 Å². The number of likely N-dealkylation sites (N-methyl/N-ethyl adjacent to an activating group) is 1. The third-order valence-corrected chi connectivity index (χ3v) is 5.71. The van der Waals surface area contributed by atoms with Crippen LogP contribution in [-0.2, 0) is 16.1 Å². The molecule has 3 rings (SSSR count). The lowest BCUT2D eigenvalue weighted by Crippen LogP contribution is -2.54. The Balaban J connectivity index is 1.55. The Morgan fingerprint density at radius 1 is 1.07 bits per heavy atom. The highest BCUT2D eigenvalue weighted by Gasteiger charge is 2.27. The summed E-state index contributed by atoms with van der Waals surface area (Å²) in [7, 11) is 1.39. The molecule has 1 fully saturated rings. The van der Waals surface area contributed by atoms with Crippen molar-refractivity contribution < 1.29 is 14.3 Å². The van der Waals surface area contributed by atoms with E-state index in [4.69, 9.17) is 4.74 Å². The fourth-order valence-electron chi connectivity index (χ4n) is 3.84. The first-order valence-electron chi connectivity index (χ1n) is 10.5. The maximum Gasteiger partial charge on any atom is 0.337 e. The van der Waals surface area contributed by atoms with Crippen LogP contribution in [0.15, 0.2) is 54.6 Å². The van der Waals surface area contributed by atoms with E-state index in [1.165, 1.54) is 7.11 Å². The first-order valence-corrected chi connectivity index (χ1v) is 10.5. The average molecular weight is 410 g/mol. The molecule has 2 aromatic rings. The third-order valence-electron chi connectivity index (χ3n) is 5.71. The molecule has 0 aromatic heterocycles. The topological polar surface area (TPSA) is 53.1 Å². The van der Waals surface area contributed by atoms with Crippen LogP contribution >= 0.6 is 0 Å². The lowest BCUT2D eigenvalue weighted by molar-refractivity contribution is -0.133. The number of methoxy groups -OCH3 is 1. The molecule has 1 unspecified atom stereocenters. The molecule has 6 heteroatoms. The van der Waals surface area contributed by atoms with Gasteiger partial charge in [0.2, 0.25) is 5.91 Å². The maximum atomic E-state index is 12.9. The molecule has 2 aromatic carbocycles. The van der Waals surface area contributed by atoms with Crippen LogP contribution < -0.4 is 4.90 Å². The van der Waals surface area contributed by atoms with Crippen molar-refractivity contribution in [2.75, 3.05) is 44.7 Å². The van der Waals surface area contributed by atoms with Gasteiger partial charge < -0.3 is 14.5 Å². The Morgan fingerprint density at radius 3 is 2.37 bits per heavy atom. The zero-order valence-corrected chi connectivity index (χ0v) is 18.1. The molecule has 1 aliphatic rings. The molecule has 1 saturated heterocycles. The Labute approximate surface area is 179 Å². The number of esters is 1. The molecule has 1 aliphatic heterocycles. The second-order valence-corrected chi connectivity index (χ2v) is 7.70. The average Bonchev–Trinajstić information content (AvgIpc) is 2.79. The Kier molecular flexibility index (Phi) is 7.46. The van der Waals surface area contributed by atoms with Crippen molar-refractivity contribution in [2.45, 2.75) is 26.4 Å². The lowest BCUT2D eigenvalue weighted by atomic mass is 10.1. The number of hydrogen-bond acceptors (Lipinski definition) is 5. The number of nitrogens with zero attached hydrogens (tertiary/aromatic N) is 3. The maximum absolute atomic E-state index is 12.9. The van der Waals surface area contributed by atoms with E-state index in [9.17, 15) is 9.59 Å². The number of piperazine rings is 1. The minimum absolute atomic E-state index is 0.170. The minimum Gasteiger partial charge on any atom is -0.465 e. The van der Waals surface area contributed by atoms with Crippen molar-refractivity contribution in [1.29, 1.82) is 0 Å². The number of benzene rings is 2. The summed E-state index contributed by atoms with van der Waals surface area (Å²) in [4.78, 5) is 31.0. The van der Waals surface area contributed by atoms with Gasteiger partial charge in [0.15, 0.2) is 0 Å². The van der Waals surface area contributed by atoms with Crippen LogP contribution in [-0.4, -0.2) is 67.6 Å². The molecule has 0 aliphatic carbocycles. The number of rotatable bonds is 7. The molecule has 1 atom stereocenters. The van der Waals surface area contributed by atoms with E-state index in [1.807, 2.05) is 42.2 Å². The molecule has 0 N–H and O–H groups in total. The third kappa shape index (κ3) is 5.39. The van der Waals surface area contributed by atoms with E-state index in [-0.39, 0.29) is 17.9 Å². The largest absolute Gasteiger partial charge is 0.465 e. The second kappa shape index (κ2) is 10.3. The van der Waals surface area contributed by atoms with Crippen molar-refractivity contribution in [3.05, 3.63) is 65.7 Å². The van der Waals surface area contributed by atoms with Gasteiger partial charge in [-0.2, -0.15) is 0 Å². The molecule has 1 heterocycles. The molecule has 1 amide bonds. The van der Waals surface area contributed by atoms with Gasteiger partial charge >= 0.3 is 5.97 Å². The SMILES string of the molecule is CCN(Cc1ccccc1)C(=O)CN1CCN(c2ccc(C(=O)OC)cc2)CC1C. The van der Waals surface area contributed by atoms with E-state index >= 15 is 0 Å². The predicted molar refractivity (Wildman–Crippen MR) is 119 cm³/mol. The summed E-state index contributed by atoms with van der Waals surface area (Å²) < 4.78 is 4.76. The summed E-state index contributed by atoms with van der Waals surface area (Å²) >= 11 is 0.